The smallest absolute Gasteiger partial charge is 0.241 e. The first-order valence-corrected chi connectivity index (χ1v) is 7.68. The molecule has 0 radical (unpaired) electrons. The van der Waals surface area contributed by atoms with Crippen molar-refractivity contribution in [1.82, 2.24) is 4.90 Å². The van der Waals surface area contributed by atoms with Gasteiger partial charge in [0.05, 0.1) is 12.1 Å². The highest BCUT2D eigenvalue weighted by molar-refractivity contribution is 5.95. The van der Waals surface area contributed by atoms with E-state index in [1.165, 1.54) is 0 Å². The molecule has 2 rings (SSSR count). The number of anilines is 1. The van der Waals surface area contributed by atoms with Crippen LogP contribution < -0.4 is 5.32 Å². The Morgan fingerprint density at radius 3 is 2.81 bits per heavy atom. The molecule has 0 aliphatic carbocycles. The molecule has 0 aromatic heterocycles. The van der Waals surface area contributed by atoms with E-state index in [0.29, 0.717) is 12.5 Å². The Hall–Kier alpha value is -1.39. The van der Waals surface area contributed by atoms with Crippen molar-refractivity contribution in [1.29, 1.82) is 0 Å². The van der Waals surface area contributed by atoms with Crippen LogP contribution in [-0.2, 0) is 4.79 Å². The molecule has 1 aliphatic rings. The van der Waals surface area contributed by atoms with Gasteiger partial charge in [-0.15, -0.1) is 0 Å². The van der Waals surface area contributed by atoms with Gasteiger partial charge in [0.2, 0.25) is 5.91 Å². The summed E-state index contributed by atoms with van der Waals surface area (Å²) in [7, 11) is 0. The van der Waals surface area contributed by atoms with Crippen molar-refractivity contribution in [3.8, 4) is 0 Å². The summed E-state index contributed by atoms with van der Waals surface area (Å²) in [5.41, 5.74) is 3.07. The fraction of sp³-hybridized carbons (Fsp3) is 0.588. The van der Waals surface area contributed by atoms with Crippen molar-refractivity contribution in [3.05, 3.63) is 29.3 Å². The van der Waals surface area contributed by atoms with Crippen molar-refractivity contribution in [3.63, 3.8) is 0 Å². The Kier molecular flexibility index (Phi) is 5.01. The molecule has 1 aliphatic heterocycles. The van der Waals surface area contributed by atoms with Gasteiger partial charge in [0.1, 0.15) is 0 Å². The fourth-order valence-electron chi connectivity index (χ4n) is 2.70. The molecule has 1 saturated heterocycles. The normalized spacial score (nSPS) is 24.6. The van der Waals surface area contributed by atoms with Crippen LogP contribution in [0.3, 0.4) is 0 Å². The first kappa shape index (κ1) is 16.0. The highest BCUT2D eigenvalue weighted by Gasteiger charge is 2.30. The molecule has 1 amide bonds. The van der Waals surface area contributed by atoms with Gasteiger partial charge in [0.25, 0.3) is 0 Å². The molecule has 1 heterocycles. The average molecular weight is 290 g/mol. The minimum atomic E-state index is -0.338. The molecule has 3 atom stereocenters. The predicted octanol–water partition coefficient (Wildman–Crippen LogP) is 2.33. The number of nitrogens with one attached hydrogen (secondary N) is 1. The second-order valence-electron chi connectivity index (χ2n) is 6.31. The Morgan fingerprint density at radius 2 is 2.14 bits per heavy atom. The third kappa shape index (κ3) is 3.83. The Balaban J connectivity index is 2.01. The Morgan fingerprint density at radius 1 is 1.43 bits per heavy atom. The van der Waals surface area contributed by atoms with Gasteiger partial charge in [-0.3, -0.25) is 9.69 Å². The highest BCUT2D eigenvalue weighted by Crippen LogP contribution is 2.21. The van der Waals surface area contributed by atoms with Crippen molar-refractivity contribution in [2.45, 2.75) is 46.3 Å². The fourth-order valence-corrected chi connectivity index (χ4v) is 2.70. The van der Waals surface area contributed by atoms with E-state index in [0.717, 1.165) is 29.8 Å². The molecule has 1 fully saturated rings. The number of hydrogen-bond donors (Lipinski definition) is 2. The van der Waals surface area contributed by atoms with E-state index < -0.39 is 0 Å². The number of β-amino-alcohol motifs (C(OH)–C–C–N with tert-alkyl or cyclic N) is 1. The lowest BCUT2D eigenvalue weighted by Crippen LogP contribution is -2.50. The molecule has 0 spiro atoms. The summed E-state index contributed by atoms with van der Waals surface area (Å²) in [6.45, 7) is 9.40. The van der Waals surface area contributed by atoms with E-state index >= 15 is 0 Å². The van der Waals surface area contributed by atoms with Gasteiger partial charge in [-0.2, -0.15) is 0 Å². The number of hydrogen-bond acceptors (Lipinski definition) is 3. The number of piperidine rings is 1. The van der Waals surface area contributed by atoms with Crippen LogP contribution in [0, 0.1) is 19.8 Å². The lowest BCUT2D eigenvalue weighted by molar-refractivity contribution is -0.122. The molecule has 1 aromatic rings. The van der Waals surface area contributed by atoms with E-state index in [9.17, 15) is 9.90 Å². The van der Waals surface area contributed by atoms with E-state index in [1.54, 1.807) is 0 Å². The lowest BCUT2D eigenvalue weighted by Gasteiger charge is -2.37. The average Bonchev–Trinajstić information content (AvgIpc) is 2.45. The zero-order chi connectivity index (χ0) is 15.6. The number of benzene rings is 1. The topological polar surface area (TPSA) is 52.6 Å². The maximum atomic E-state index is 12.4. The van der Waals surface area contributed by atoms with Crippen LogP contribution in [0.2, 0.25) is 0 Å². The van der Waals surface area contributed by atoms with E-state index in [-0.39, 0.29) is 18.1 Å². The summed E-state index contributed by atoms with van der Waals surface area (Å²) < 4.78 is 0. The van der Waals surface area contributed by atoms with Crippen LogP contribution in [0.15, 0.2) is 18.2 Å². The maximum Gasteiger partial charge on any atom is 0.241 e. The zero-order valence-electron chi connectivity index (χ0n) is 13.4. The molecule has 4 nitrogen and oxygen atoms in total. The molecule has 116 valence electrons. The first-order valence-electron chi connectivity index (χ1n) is 7.68. The number of carbonyl (C=O) groups is 1. The lowest BCUT2D eigenvalue weighted by atomic mass is 9.95. The summed E-state index contributed by atoms with van der Waals surface area (Å²) in [4.78, 5) is 14.5. The zero-order valence-corrected chi connectivity index (χ0v) is 13.4. The van der Waals surface area contributed by atoms with Crippen molar-refractivity contribution in [2.75, 3.05) is 18.4 Å². The van der Waals surface area contributed by atoms with Gasteiger partial charge in [0, 0.05) is 12.2 Å². The summed E-state index contributed by atoms with van der Waals surface area (Å²) in [6, 6.07) is 5.82. The minimum Gasteiger partial charge on any atom is -0.392 e. The molecule has 0 bridgehead atoms. The van der Waals surface area contributed by atoms with Crippen LogP contribution in [0.1, 0.15) is 31.4 Å². The van der Waals surface area contributed by atoms with Crippen LogP contribution >= 0.6 is 0 Å². The molecule has 3 unspecified atom stereocenters. The summed E-state index contributed by atoms with van der Waals surface area (Å²) in [5, 5.41) is 13.0. The predicted molar refractivity (Wildman–Crippen MR) is 85.4 cm³/mol. The van der Waals surface area contributed by atoms with Crippen LogP contribution in [0.5, 0.6) is 0 Å². The molecule has 21 heavy (non-hydrogen) atoms. The Bertz CT molecular complexity index is 516. The number of carbonyl (C=O) groups excluding carboxylic acids is 1. The summed E-state index contributed by atoms with van der Waals surface area (Å²) >= 11 is 0. The number of amides is 1. The number of nitrogens with zero attached hydrogens (tertiary/aromatic N) is 1. The van der Waals surface area contributed by atoms with Gasteiger partial charge in [-0.05, 0) is 56.8 Å². The van der Waals surface area contributed by atoms with Crippen molar-refractivity contribution >= 4 is 11.6 Å². The SMILES string of the molecule is Cc1ccc(C)c(NC(=O)C(C)N2CCC(C)C(O)C2)c1. The molecule has 0 saturated carbocycles. The van der Waals surface area contributed by atoms with Crippen molar-refractivity contribution in [2.24, 2.45) is 5.92 Å². The Labute approximate surface area is 127 Å². The molecular weight excluding hydrogens is 264 g/mol. The van der Waals surface area contributed by atoms with Gasteiger partial charge >= 0.3 is 0 Å². The quantitative estimate of drug-likeness (QED) is 0.898. The largest absolute Gasteiger partial charge is 0.392 e. The second-order valence-corrected chi connectivity index (χ2v) is 6.31. The second kappa shape index (κ2) is 6.58. The maximum absolute atomic E-state index is 12.4. The summed E-state index contributed by atoms with van der Waals surface area (Å²) in [5.74, 6) is 0.306. The molecule has 1 aromatic carbocycles. The van der Waals surface area contributed by atoms with Gasteiger partial charge in [-0.1, -0.05) is 19.1 Å². The molecule has 2 N–H and O–H groups in total. The van der Waals surface area contributed by atoms with Crippen molar-refractivity contribution < 1.29 is 9.90 Å². The van der Waals surface area contributed by atoms with Gasteiger partial charge in [-0.25, -0.2) is 0 Å². The third-order valence-electron chi connectivity index (χ3n) is 4.53. The van der Waals surface area contributed by atoms with Crippen LogP contribution in [0.25, 0.3) is 0 Å². The standard InChI is InChI=1S/C17H26N2O2/c1-11-5-6-12(2)15(9-11)18-17(21)14(4)19-8-7-13(3)16(20)10-19/h5-6,9,13-14,16,20H,7-8,10H2,1-4H3,(H,18,21). The van der Waals surface area contributed by atoms with E-state index in [1.807, 2.05) is 39.0 Å². The van der Waals surface area contributed by atoms with E-state index in [2.05, 4.69) is 17.1 Å². The molecule has 4 heteroatoms. The number of rotatable bonds is 3. The van der Waals surface area contributed by atoms with Gasteiger partial charge < -0.3 is 10.4 Å². The van der Waals surface area contributed by atoms with Gasteiger partial charge in [0.15, 0.2) is 0 Å². The number of aliphatic hydroxyl groups excluding tert-OH is 1. The van der Waals surface area contributed by atoms with Crippen LogP contribution in [-0.4, -0.2) is 41.1 Å². The highest BCUT2D eigenvalue weighted by atomic mass is 16.3. The van der Waals surface area contributed by atoms with Crippen LogP contribution in [0.4, 0.5) is 5.69 Å². The third-order valence-corrected chi connectivity index (χ3v) is 4.53. The summed E-state index contributed by atoms with van der Waals surface area (Å²) in [6.07, 6.45) is 0.595. The van der Waals surface area contributed by atoms with E-state index in [4.69, 9.17) is 0 Å². The first-order chi connectivity index (χ1) is 9.88. The number of aliphatic hydroxyl groups is 1. The minimum absolute atomic E-state index is 0.00884. The monoisotopic (exact) mass is 290 g/mol. The number of aryl methyl sites for hydroxylation is 2. The number of likely N-dealkylation sites (tertiary alicyclic amines) is 1. The molecular formula is C17H26N2O2.